The zero-order valence-electron chi connectivity index (χ0n) is 16.8. The quantitative estimate of drug-likeness (QED) is 0.428. The fourth-order valence-corrected chi connectivity index (χ4v) is 2.10. The van der Waals surface area contributed by atoms with Crippen LogP contribution in [0.15, 0.2) is 60.7 Å². The Kier molecular flexibility index (Phi) is 14.0. The van der Waals surface area contributed by atoms with Gasteiger partial charge in [-0.3, -0.25) is 14.4 Å². The van der Waals surface area contributed by atoms with Crippen LogP contribution < -0.4 is 0 Å². The SMILES string of the molecule is CC#N.O=Cc1cc(O)ccc1Cl.O=Cc1ccc(Cl)c(O)c1.O=Cc1cccc(O)c1. The predicted molar refractivity (Wildman–Crippen MR) is 122 cm³/mol. The van der Waals surface area contributed by atoms with E-state index in [1.807, 2.05) is 0 Å². The number of nitrogens with zero attached hydrogens (tertiary/aromatic N) is 1. The highest BCUT2D eigenvalue weighted by molar-refractivity contribution is 6.33. The Morgan fingerprint density at radius 1 is 0.750 bits per heavy atom. The standard InChI is InChI=1S/2C7H5ClO2.C7H6O2.C2H3N/c8-7-2-1-6(10)3-5(7)4-9;8-6-2-1-5(4-9)3-7(6)10;8-5-6-2-1-3-7(9)4-6;1-2-3/h2*1-4,10H;1-5,9H;1H3. The minimum Gasteiger partial charge on any atom is -0.508 e. The summed E-state index contributed by atoms with van der Waals surface area (Å²) in [6.45, 7) is 1.43. The van der Waals surface area contributed by atoms with Gasteiger partial charge in [0, 0.05) is 23.6 Å². The van der Waals surface area contributed by atoms with Gasteiger partial charge in [-0.25, -0.2) is 0 Å². The second kappa shape index (κ2) is 15.9. The molecule has 7 nitrogen and oxygen atoms in total. The largest absolute Gasteiger partial charge is 0.508 e. The summed E-state index contributed by atoms with van der Waals surface area (Å²) in [5, 5.41) is 34.5. The number of carbonyl (C=O) groups excluding carboxylic acids is 3. The third-order valence-corrected chi connectivity index (χ3v) is 3.88. The Bertz CT molecular complexity index is 1080. The maximum Gasteiger partial charge on any atom is 0.151 e. The predicted octanol–water partition coefficient (Wildman–Crippen LogP) is 5.45. The summed E-state index contributed by atoms with van der Waals surface area (Å²) in [7, 11) is 0. The lowest BCUT2D eigenvalue weighted by molar-refractivity contribution is 0.111. The third-order valence-electron chi connectivity index (χ3n) is 3.22. The van der Waals surface area contributed by atoms with E-state index in [1.54, 1.807) is 18.2 Å². The lowest BCUT2D eigenvalue weighted by atomic mass is 10.2. The van der Waals surface area contributed by atoms with Crippen LogP contribution in [0.3, 0.4) is 0 Å². The van der Waals surface area contributed by atoms with Crippen molar-refractivity contribution in [2.24, 2.45) is 0 Å². The van der Waals surface area contributed by atoms with E-state index in [9.17, 15) is 14.4 Å². The number of benzene rings is 3. The van der Waals surface area contributed by atoms with Crippen molar-refractivity contribution in [2.45, 2.75) is 6.92 Å². The fourth-order valence-electron chi connectivity index (χ4n) is 1.82. The monoisotopic (exact) mass is 475 g/mol. The van der Waals surface area contributed by atoms with E-state index in [-0.39, 0.29) is 22.3 Å². The minimum absolute atomic E-state index is 0.0477. The van der Waals surface area contributed by atoms with Gasteiger partial charge in [-0.1, -0.05) is 35.3 Å². The zero-order valence-corrected chi connectivity index (χ0v) is 18.3. The van der Waals surface area contributed by atoms with Crippen LogP contribution in [-0.4, -0.2) is 34.2 Å². The molecule has 0 spiro atoms. The summed E-state index contributed by atoms with van der Waals surface area (Å²) in [5.74, 6) is 0.109. The molecule has 0 aliphatic rings. The van der Waals surface area contributed by atoms with Crippen molar-refractivity contribution >= 4 is 42.1 Å². The van der Waals surface area contributed by atoms with Crippen molar-refractivity contribution in [3.05, 3.63) is 87.4 Å². The van der Waals surface area contributed by atoms with Gasteiger partial charge in [0.1, 0.15) is 29.8 Å². The molecule has 0 bridgehead atoms. The Balaban J connectivity index is 0.000000425. The number of phenols is 3. The van der Waals surface area contributed by atoms with Crippen molar-refractivity contribution in [3.8, 4) is 23.3 Å². The highest BCUT2D eigenvalue weighted by atomic mass is 35.5. The van der Waals surface area contributed by atoms with Crippen molar-refractivity contribution in [1.29, 1.82) is 5.26 Å². The molecular formula is C23H19Cl2NO6. The van der Waals surface area contributed by atoms with Gasteiger partial charge in [-0.15, -0.1) is 0 Å². The second-order valence-corrected chi connectivity index (χ2v) is 6.40. The molecular weight excluding hydrogens is 457 g/mol. The maximum absolute atomic E-state index is 10.2. The average Bonchev–Trinajstić information content (AvgIpc) is 2.78. The van der Waals surface area contributed by atoms with Crippen molar-refractivity contribution in [2.75, 3.05) is 0 Å². The molecule has 0 aromatic heterocycles. The number of aldehydes is 3. The molecule has 0 saturated carbocycles. The Hall–Kier alpha value is -3.86. The molecule has 3 N–H and O–H groups in total. The highest BCUT2D eigenvalue weighted by Crippen LogP contribution is 2.22. The molecule has 0 aliphatic heterocycles. The second-order valence-electron chi connectivity index (χ2n) is 5.59. The van der Waals surface area contributed by atoms with Gasteiger partial charge in [0.05, 0.1) is 16.1 Å². The van der Waals surface area contributed by atoms with Crippen LogP contribution in [-0.2, 0) is 0 Å². The van der Waals surface area contributed by atoms with Crippen molar-refractivity contribution < 1.29 is 29.7 Å². The van der Waals surface area contributed by atoms with E-state index < -0.39 is 0 Å². The number of hydrogen-bond acceptors (Lipinski definition) is 7. The Labute approximate surface area is 194 Å². The fraction of sp³-hybridized carbons (Fsp3) is 0.0435. The molecule has 0 aliphatic carbocycles. The maximum atomic E-state index is 10.2. The molecule has 0 amide bonds. The number of nitriles is 1. The highest BCUT2D eigenvalue weighted by Gasteiger charge is 1.98. The summed E-state index contributed by atoms with van der Waals surface area (Å²) in [4.78, 5) is 30.3. The number of rotatable bonds is 3. The van der Waals surface area contributed by atoms with Crippen molar-refractivity contribution in [3.63, 3.8) is 0 Å². The normalized spacial score (nSPS) is 8.56. The molecule has 0 atom stereocenters. The molecule has 3 aromatic rings. The van der Waals surface area contributed by atoms with E-state index in [0.717, 1.165) is 0 Å². The first kappa shape index (κ1) is 28.1. The number of halogens is 2. The van der Waals surface area contributed by atoms with Gasteiger partial charge in [-0.05, 0) is 48.5 Å². The number of aromatic hydroxyl groups is 3. The molecule has 166 valence electrons. The molecule has 0 saturated heterocycles. The van der Waals surface area contributed by atoms with Crippen LogP contribution in [0.4, 0.5) is 0 Å². The summed E-state index contributed by atoms with van der Waals surface area (Å²) in [6.07, 6.45) is 1.94. The zero-order chi connectivity index (χ0) is 24.5. The third kappa shape index (κ3) is 11.4. The van der Waals surface area contributed by atoms with Crippen LogP contribution in [0.5, 0.6) is 17.2 Å². The van der Waals surface area contributed by atoms with E-state index in [1.165, 1.54) is 55.5 Å². The van der Waals surface area contributed by atoms with E-state index >= 15 is 0 Å². The van der Waals surface area contributed by atoms with Crippen LogP contribution in [0.2, 0.25) is 10.0 Å². The lowest BCUT2D eigenvalue weighted by Gasteiger charge is -1.94. The van der Waals surface area contributed by atoms with Crippen LogP contribution in [0.1, 0.15) is 38.0 Å². The average molecular weight is 476 g/mol. The summed E-state index contributed by atoms with van der Waals surface area (Å²) in [6, 6.07) is 16.5. The number of phenolic OH excluding ortho intramolecular Hbond substituents is 3. The summed E-state index contributed by atoms with van der Waals surface area (Å²) >= 11 is 11.0. The Morgan fingerprint density at radius 2 is 1.28 bits per heavy atom. The number of carbonyl (C=O) groups is 3. The van der Waals surface area contributed by atoms with Gasteiger partial charge in [0.25, 0.3) is 0 Å². The Morgan fingerprint density at radius 3 is 1.72 bits per heavy atom. The van der Waals surface area contributed by atoms with Gasteiger partial charge in [-0.2, -0.15) is 5.26 Å². The molecule has 0 fully saturated rings. The van der Waals surface area contributed by atoms with E-state index in [2.05, 4.69) is 0 Å². The van der Waals surface area contributed by atoms with Gasteiger partial charge >= 0.3 is 0 Å². The molecule has 3 rings (SSSR count). The molecule has 0 radical (unpaired) electrons. The van der Waals surface area contributed by atoms with Crippen molar-refractivity contribution in [1.82, 2.24) is 0 Å². The number of hydrogen-bond donors (Lipinski definition) is 3. The smallest absolute Gasteiger partial charge is 0.151 e. The van der Waals surface area contributed by atoms with Gasteiger partial charge in [0.15, 0.2) is 6.29 Å². The first-order chi connectivity index (χ1) is 15.2. The topological polar surface area (TPSA) is 136 Å². The summed E-state index contributed by atoms with van der Waals surface area (Å²) < 4.78 is 0. The molecule has 9 heteroatoms. The van der Waals surface area contributed by atoms with Crippen LogP contribution in [0.25, 0.3) is 0 Å². The lowest BCUT2D eigenvalue weighted by Crippen LogP contribution is -1.79. The van der Waals surface area contributed by atoms with E-state index in [0.29, 0.717) is 40.6 Å². The van der Waals surface area contributed by atoms with Gasteiger partial charge in [0.2, 0.25) is 0 Å². The first-order valence-corrected chi connectivity index (χ1v) is 9.40. The van der Waals surface area contributed by atoms with E-state index in [4.69, 9.17) is 43.8 Å². The molecule has 32 heavy (non-hydrogen) atoms. The molecule has 0 unspecified atom stereocenters. The molecule has 0 heterocycles. The minimum atomic E-state index is -0.0636. The summed E-state index contributed by atoms with van der Waals surface area (Å²) in [5.41, 5.74) is 1.22. The first-order valence-electron chi connectivity index (χ1n) is 8.64. The van der Waals surface area contributed by atoms with Gasteiger partial charge < -0.3 is 15.3 Å². The molecule has 3 aromatic carbocycles. The van der Waals surface area contributed by atoms with Crippen LogP contribution >= 0.6 is 23.2 Å². The van der Waals surface area contributed by atoms with Crippen LogP contribution in [0, 0.1) is 11.3 Å².